The zero-order chi connectivity index (χ0) is 20.9. The molecule has 30 heavy (non-hydrogen) atoms. The van der Waals surface area contributed by atoms with E-state index in [2.05, 4.69) is 16.4 Å². The van der Waals surface area contributed by atoms with Gasteiger partial charge >= 0.3 is 0 Å². The quantitative estimate of drug-likeness (QED) is 0.427. The average molecular weight is 419 g/mol. The molecule has 0 radical (unpaired) electrons. The SMILES string of the molecule is COc1cccc(CCC(=O)Nc2ccc(-c3nc4ccccc4s3)cc2)c1OC. The Kier molecular flexibility index (Phi) is 5.95. The summed E-state index contributed by atoms with van der Waals surface area (Å²) in [5.74, 6) is 1.29. The Balaban J connectivity index is 1.39. The smallest absolute Gasteiger partial charge is 0.224 e. The number of aromatic nitrogens is 1. The molecule has 6 heteroatoms. The molecule has 0 aliphatic rings. The van der Waals surface area contributed by atoms with E-state index in [9.17, 15) is 4.79 Å². The maximum atomic E-state index is 12.4. The highest BCUT2D eigenvalue weighted by atomic mass is 32.1. The number of aryl methyl sites for hydroxylation is 1. The number of fused-ring (bicyclic) bond motifs is 1. The summed E-state index contributed by atoms with van der Waals surface area (Å²) in [6, 6.07) is 21.6. The predicted octanol–water partition coefficient (Wildman–Crippen LogP) is 5.55. The minimum Gasteiger partial charge on any atom is -0.493 e. The number of para-hydroxylation sites is 2. The summed E-state index contributed by atoms with van der Waals surface area (Å²) >= 11 is 1.66. The molecular weight excluding hydrogens is 396 g/mol. The van der Waals surface area contributed by atoms with Crippen molar-refractivity contribution in [2.24, 2.45) is 0 Å². The molecule has 0 unspecified atom stereocenters. The van der Waals surface area contributed by atoms with Crippen LogP contribution in [0.1, 0.15) is 12.0 Å². The lowest BCUT2D eigenvalue weighted by Crippen LogP contribution is -2.12. The molecule has 1 aromatic heterocycles. The lowest BCUT2D eigenvalue weighted by atomic mass is 10.1. The molecule has 0 saturated carbocycles. The first-order valence-corrected chi connectivity index (χ1v) is 10.5. The summed E-state index contributed by atoms with van der Waals surface area (Å²) in [6.45, 7) is 0. The first-order chi connectivity index (χ1) is 14.7. The number of nitrogens with one attached hydrogen (secondary N) is 1. The molecule has 0 aliphatic carbocycles. The van der Waals surface area contributed by atoms with Crippen LogP contribution in [0.25, 0.3) is 20.8 Å². The van der Waals surface area contributed by atoms with Crippen molar-refractivity contribution in [3.8, 4) is 22.1 Å². The molecule has 0 fully saturated rings. The van der Waals surface area contributed by atoms with Gasteiger partial charge < -0.3 is 14.8 Å². The molecule has 5 nitrogen and oxygen atoms in total. The maximum absolute atomic E-state index is 12.4. The molecule has 0 aliphatic heterocycles. The van der Waals surface area contributed by atoms with Crippen LogP contribution in [-0.4, -0.2) is 25.1 Å². The Morgan fingerprint density at radius 3 is 2.50 bits per heavy atom. The van der Waals surface area contributed by atoms with Crippen molar-refractivity contribution in [3.05, 3.63) is 72.3 Å². The fraction of sp³-hybridized carbons (Fsp3) is 0.167. The summed E-state index contributed by atoms with van der Waals surface area (Å²) in [6.07, 6.45) is 0.916. The second-order valence-electron chi connectivity index (χ2n) is 6.76. The van der Waals surface area contributed by atoms with Gasteiger partial charge in [-0.3, -0.25) is 4.79 Å². The first kappa shape index (κ1) is 19.9. The van der Waals surface area contributed by atoms with E-state index in [0.717, 1.165) is 32.0 Å². The van der Waals surface area contributed by atoms with E-state index in [0.29, 0.717) is 24.3 Å². The van der Waals surface area contributed by atoms with Gasteiger partial charge in [0.2, 0.25) is 5.91 Å². The number of benzene rings is 3. The van der Waals surface area contributed by atoms with Crippen molar-refractivity contribution >= 4 is 33.1 Å². The highest BCUT2D eigenvalue weighted by molar-refractivity contribution is 7.21. The summed E-state index contributed by atoms with van der Waals surface area (Å²) in [5.41, 5.74) is 3.75. The van der Waals surface area contributed by atoms with Crippen molar-refractivity contribution in [2.75, 3.05) is 19.5 Å². The molecule has 4 aromatic rings. The number of carbonyl (C=O) groups is 1. The van der Waals surface area contributed by atoms with Crippen LogP contribution in [0, 0.1) is 0 Å². The van der Waals surface area contributed by atoms with E-state index >= 15 is 0 Å². The van der Waals surface area contributed by atoms with Crippen LogP contribution in [0.5, 0.6) is 11.5 Å². The summed E-state index contributed by atoms with van der Waals surface area (Å²) in [5, 5.41) is 3.93. The maximum Gasteiger partial charge on any atom is 0.224 e. The number of thiazole rings is 1. The number of rotatable bonds is 7. The van der Waals surface area contributed by atoms with Crippen LogP contribution in [0.4, 0.5) is 5.69 Å². The van der Waals surface area contributed by atoms with E-state index in [1.165, 1.54) is 0 Å². The molecule has 4 rings (SSSR count). The Morgan fingerprint density at radius 1 is 0.967 bits per heavy atom. The van der Waals surface area contributed by atoms with E-state index in [4.69, 9.17) is 9.47 Å². The number of methoxy groups -OCH3 is 2. The molecule has 3 aromatic carbocycles. The van der Waals surface area contributed by atoms with Gasteiger partial charge in [-0.15, -0.1) is 11.3 Å². The van der Waals surface area contributed by atoms with Gasteiger partial charge in [0.05, 0.1) is 24.4 Å². The monoisotopic (exact) mass is 418 g/mol. The van der Waals surface area contributed by atoms with Gasteiger partial charge in [-0.1, -0.05) is 24.3 Å². The molecule has 152 valence electrons. The summed E-state index contributed by atoms with van der Waals surface area (Å²) < 4.78 is 11.9. The summed E-state index contributed by atoms with van der Waals surface area (Å²) in [4.78, 5) is 17.1. The van der Waals surface area contributed by atoms with Crippen LogP contribution < -0.4 is 14.8 Å². The Morgan fingerprint density at radius 2 is 1.77 bits per heavy atom. The van der Waals surface area contributed by atoms with Crippen LogP contribution in [-0.2, 0) is 11.2 Å². The largest absolute Gasteiger partial charge is 0.493 e. The van der Waals surface area contributed by atoms with E-state index in [-0.39, 0.29) is 5.91 Å². The zero-order valence-corrected chi connectivity index (χ0v) is 17.7. The van der Waals surface area contributed by atoms with Gasteiger partial charge in [0.15, 0.2) is 11.5 Å². The first-order valence-electron chi connectivity index (χ1n) is 9.63. The number of hydrogen-bond acceptors (Lipinski definition) is 5. The second kappa shape index (κ2) is 8.97. The number of hydrogen-bond donors (Lipinski definition) is 1. The van der Waals surface area contributed by atoms with E-state index < -0.39 is 0 Å². The molecule has 0 saturated heterocycles. The van der Waals surface area contributed by atoms with Gasteiger partial charge in [-0.05, 0) is 54.4 Å². The molecule has 1 N–H and O–H groups in total. The van der Waals surface area contributed by atoms with E-state index in [1.807, 2.05) is 60.7 Å². The van der Waals surface area contributed by atoms with Gasteiger partial charge in [0, 0.05) is 17.7 Å². The minimum atomic E-state index is -0.0485. The predicted molar refractivity (Wildman–Crippen MR) is 122 cm³/mol. The highest BCUT2D eigenvalue weighted by Gasteiger charge is 2.12. The third-order valence-electron chi connectivity index (χ3n) is 4.82. The summed E-state index contributed by atoms with van der Waals surface area (Å²) in [7, 11) is 3.21. The van der Waals surface area contributed by atoms with Gasteiger partial charge in [0.25, 0.3) is 0 Å². The fourth-order valence-electron chi connectivity index (χ4n) is 3.31. The lowest BCUT2D eigenvalue weighted by Gasteiger charge is -2.12. The normalized spacial score (nSPS) is 10.7. The highest BCUT2D eigenvalue weighted by Crippen LogP contribution is 2.32. The Bertz CT molecular complexity index is 1140. The third kappa shape index (κ3) is 4.28. The van der Waals surface area contributed by atoms with E-state index in [1.54, 1.807) is 25.6 Å². The van der Waals surface area contributed by atoms with Crippen LogP contribution >= 0.6 is 11.3 Å². The Hall–Kier alpha value is -3.38. The van der Waals surface area contributed by atoms with Crippen molar-refractivity contribution in [3.63, 3.8) is 0 Å². The molecule has 1 heterocycles. The minimum absolute atomic E-state index is 0.0485. The topological polar surface area (TPSA) is 60.5 Å². The van der Waals surface area contributed by atoms with Gasteiger partial charge in [-0.25, -0.2) is 4.98 Å². The standard InChI is InChI=1S/C24H22N2O3S/c1-28-20-8-5-6-16(23(20)29-2)12-15-22(27)25-18-13-10-17(11-14-18)24-26-19-7-3-4-9-21(19)30-24/h3-11,13-14H,12,15H2,1-2H3,(H,25,27). The molecule has 0 atom stereocenters. The number of anilines is 1. The van der Waals surface area contributed by atoms with Gasteiger partial charge in [0.1, 0.15) is 5.01 Å². The van der Waals surface area contributed by atoms with Crippen LogP contribution in [0.2, 0.25) is 0 Å². The number of amides is 1. The number of carbonyl (C=O) groups excluding carboxylic acids is 1. The zero-order valence-electron chi connectivity index (χ0n) is 16.8. The Labute approximate surface area is 179 Å². The second-order valence-corrected chi connectivity index (χ2v) is 7.80. The van der Waals surface area contributed by atoms with Gasteiger partial charge in [-0.2, -0.15) is 0 Å². The third-order valence-corrected chi connectivity index (χ3v) is 5.90. The average Bonchev–Trinajstić information content (AvgIpc) is 3.22. The van der Waals surface area contributed by atoms with Crippen LogP contribution in [0.15, 0.2) is 66.7 Å². The van der Waals surface area contributed by atoms with Crippen molar-refractivity contribution < 1.29 is 14.3 Å². The fourth-order valence-corrected chi connectivity index (χ4v) is 4.29. The number of ether oxygens (including phenoxy) is 2. The molecule has 0 spiro atoms. The molecular formula is C24H22N2O3S. The van der Waals surface area contributed by atoms with Crippen molar-refractivity contribution in [2.45, 2.75) is 12.8 Å². The molecule has 1 amide bonds. The molecule has 0 bridgehead atoms. The van der Waals surface area contributed by atoms with Crippen LogP contribution in [0.3, 0.4) is 0 Å². The lowest BCUT2D eigenvalue weighted by molar-refractivity contribution is -0.116. The van der Waals surface area contributed by atoms with Crippen molar-refractivity contribution in [1.82, 2.24) is 4.98 Å². The van der Waals surface area contributed by atoms with Crippen molar-refractivity contribution in [1.29, 1.82) is 0 Å². The number of nitrogens with zero attached hydrogens (tertiary/aromatic N) is 1.